The van der Waals surface area contributed by atoms with Crippen LogP contribution in [0, 0.1) is 0 Å². The van der Waals surface area contributed by atoms with Crippen molar-refractivity contribution in [2.75, 3.05) is 0 Å². The van der Waals surface area contributed by atoms with Crippen LogP contribution in [0.3, 0.4) is 0 Å². The Morgan fingerprint density at radius 3 is 2.63 bits per heavy atom. The van der Waals surface area contributed by atoms with Crippen LogP contribution in [-0.4, -0.2) is 12.3 Å². The summed E-state index contributed by atoms with van der Waals surface area (Å²) in [5, 5.41) is 0. The Kier molecular flexibility index (Phi) is 4.73. The number of hydrogen-bond donors (Lipinski definition) is 0. The van der Waals surface area contributed by atoms with Crippen molar-refractivity contribution in [3.63, 3.8) is 0 Å². The summed E-state index contributed by atoms with van der Waals surface area (Å²) < 4.78 is 5.79. The first-order chi connectivity index (χ1) is 9.28. The molecule has 0 N–H and O–H groups in total. The highest BCUT2D eigenvalue weighted by Crippen LogP contribution is 2.16. The SMILES string of the molecule is CCC(C)Oc1cccc(C=Nc2ccccc2)c1. The van der Waals surface area contributed by atoms with Gasteiger partial charge in [0.15, 0.2) is 0 Å². The number of aliphatic imine (C=N–C) groups is 1. The lowest BCUT2D eigenvalue weighted by molar-refractivity contribution is 0.217. The Balaban J connectivity index is 2.09. The lowest BCUT2D eigenvalue weighted by Crippen LogP contribution is -2.09. The number of ether oxygens (including phenoxy) is 1. The maximum absolute atomic E-state index is 5.79. The molecule has 0 bridgehead atoms. The molecule has 1 atom stereocenters. The summed E-state index contributed by atoms with van der Waals surface area (Å²) in [6, 6.07) is 17.9. The second-order valence-corrected chi connectivity index (χ2v) is 4.50. The van der Waals surface area contributed by atoms with Crippen molar-refractivity contribution < 1.29 is 4.74 Å². The van der Waals surface area contributed by atoms with E-state index in [9.17, 15) is 0 Å². The summed E-state index contributed by atoms with van der Waals surface area (Å²) >= 11 is 0. The molecule has 2 rings (SSSR count). The van der Waals surface area contributed by atoms with E-state index in [1.165, 1.54) is 0 Å². The number of nitrogens with zero attached hydrogens (tertiary/aromatic N) is 1. The van der Waals surface area contributed by atoms with Gasteiger partial charge in [-0.2, -0.15) is 0 Å². The molecule has 98 valence electrons. The van der Waals surface area contributed by atoms with Crippen LogP contribution < -0.4 is 4.74 Å². The monoisotopic (exact) mass is 253 g/mol. The van der Waals surface area contributed by atoms with E-state index in [1.54, 1.807) is 0 Å². The van der Waals surface area contributed by atoms with Gasteiger partial charge in [0.2, 0.25) is 0 Å². The Labute approximate surface area is 114 Å². The summed E-state index contributed by atoms with van der Waals surface area (Å²) in [5.41, 5.74) is 2.00. The van der Waals surface area contributed by atoms with Crippen LogP contribution in [0.1, 0.15) is 25.8 Å². The zero-order valence-electron chi connectivity index (χ0n) is 11.4. The van der Waals surface area contributed by atoms with E-state index in [1.807, 2.05) is 60.8 Å². The largest absolute Gasteiger partial charge is 0.491 e. The third kappa shape index (κ3) is 4.25. The minimum Gasteiger partial charge on any atom is -0.491 e. The number of hydrogen-bond acceptors (Lipinski definition) is 2. The lowest BCUT2D eigenvalue weighted by atomic mass is 10.2. The highest BCUT2D eigenvalue weighted by molar-refractivity contribution is 5.82. The Bertz CT molecular complexity index is 534. The Morgan fingerprint density at radius 1 is 1.11 bits per heavy atom. The second kappa shape index (κ2) is 6.74. The first-order valence-corrected chi connectivity index (χ1v) is 6.64. The Morgan fingerprint density at radius 2 is 1.89 bits per heavy atom. The van der Waals surface area contributed by atoms with Gasteiger partial charge in [0.1, 0.15) is 5.75 Å². The fourth-order valence-corrected chi connectivity index (χ4v) is 1.65. The van der Waals surface area contributed by atoms with Crippen molar-refractivity contribution >= 4 is 11.9 Å². The molecule has 0 aliphatic carbocycles. The normalized spacial score (nSPS) is 12.5. The summed E-state index contributed by atoms with van der Waals surface area (Å²) in [4.78, 5) is 4.44. The van der Waals surface area contributed by atoms with Crippen molar-refractivity contribution in [1.82, 2.24) is 0 Å². The van der Waals surface area contributed by atoms with Crippen LogP contribution in [-0.2, 0) is 0 Å². The minimum atomic E-state index is 0.237. The molecule has 0 aliphatic heterocycles. The quantitative estimate of drug-likeness (QED) is 0.713. The third-order valence-electron chi connectivity index (χ3n) is 2.89. The summed E-state index contributed by atoms with van der Waals surface area (Å²) in [6.45, 7) is 4.19. The summed E-state index contributed by atoms with van der Waals surface area (Å²) in [7, 11) is 0. The molecular weight excluding hydrogens is 234 g/mol. The van der Waals surface area contributed by atoms with Crippen molar-refractivity contribution in [2.45, 2.75) is 26.4 Å². The number of benzene rings is 2. The fraction of sp³-hybridized carbons (Fsp3) is 0.235. The molecule has 0 amide bonds. The van der Waals surface area contributed by atoms with Crippen LogP contribution in [0.4, 0.5) is 5.69 Å². The lowest BCUT2D eigenvalue weighted by Gasteiger charge is -2.12. The van der Waals surface area contributed by atoms with Crippen molar-refractivity contribution in [3.8, 4) is 5.75 Å². The smallest absolute Gasteiger partial charge is 0.120 e. The van der Waals surface area contributed by atoms with Crippen LogP contribution in [0.5, 0.6) is 5.75 Å². The van der Waals surface area contributed by atoms with Crippen molar-refractivity contribution in [3.05, 3.63) is 60.2 Å². The van der Waals surface area contributed by atoms with Gasteiger partial charge in [-0.3, -0.25) is 4.99 Å². The van der Waals surface area contributed by atoms with E-state index in [0.717, 1.165) is 23.4 Å². The molecule has 2 nitrogen and oxygen atoms in total. The molecule has 2 aromatic carbocycles. The van der Waals surface area contributed by atoms with Gasteiger partial charge in [-0.15, -0.1) is 0 Å². The molecule has 0 saturated heterocycles. The molecule has 0 heterocycles. The molecule has 0 fully saturated rings. The highest BCUT2D eigenvalue weighted by atomic mass is 16.5. The number of para-hydroxylation sites is 1. The maximum atomic E-state index is 5.79. The van der Waals surface area contributed by atoms with Gasteiger partial charge in [0, 0.05) is 6.21 Å². The zero-order chi connectivity index (χ0) is 13.5. The highest BCUT2D eigenvalue weighted by Gasteiger charge is 2.00. The van der Waals surface area contributed by atoms with Gasteiger partial charge in [0.05, 0.1) is 11.8 Å². The molecule has 0 radical (unpaired) electrons. The average Bonchev–Trinajstić information content (AvgIpc) is 2.46. The van der Waals surface area contributed by atoms with Gasteiger partial charge in [-0.25, -0.2) is 0 Å². The van der Waals surface area contributed by atoms with E-state index in [2.05, 4.69) is 18.8 Å². The maximum Gasteiger partial charge on any atom is 0.120 e. The predicted octanol–water partition coefficient (Wildman–Crippen LogP) is 4.61. The van der Waals surface area contributed by atoms with E-state index < -0.39 is 0 Å². The van der Waals surface area contributed by atoms with E-state index in [0.29, 0.717) is 0 Å². The fourth-order valence-electron chi connectivity index (χ4n) is 1.65. The molecule has 0 aliphatic rings. The van der Waals surface area contributed by atoms with E-state index in [4.69, 9.17) is 4.74 Å². The molecule has 1 unspecified atom stereocenters. The standard InChI is InChI=1S/C17H19NO/c1-3-14(2)19-17-11-7-8-15(12-17)13-18-16-9-5-4-6-10-16/h4-14H,3H2,1-2H3. The zero-order valence-corrected chi connectivity index (χ0v) is 11.4. The third-order valence-corrected chi connectivity index (χ3v) is 2.89. The van der Waals surface area contributed by atoms with Crippen LogP contribution in [0.2, 0.25) is 0 Å². The van der Waals surface area contributed by atoms with Gasteiger partial charge >= 0.3 is 0 Å². The first kappa shape index (κ1) is 13.3. The van der Waals surface area contributed by atoms with Gasteiger partial charge < -0.3 is 4.74 Å². The average molecular weight is 253 g/mol. The topological polar surface area (TPSA) is 21.6 Å². The summed E-state index contributed by atoms with van der Waals surface area (Å²) in [5.74, 6) is 0.895. The molecule has 2 heteroatoms. The van der Waals surface area contributed by atoms with Crippen molar-refractivity contribution in [1.29, 1.82) is 0 Å². The summed E-state index contributed by atoms with van der Waals surface area (Å²) in [6.07, 6.45) is 3.10. The van der Waals surface area contributed by atoms with Gasteiger partial charge in [-0.05, 0) is 43.2 Å². The van der Waals surface area contributed by atoms with Gasteiger partial charge in [0.25, 0.3) is 0 Å². The number of rotatable bonds is 5. The molecule has 0 aromatic heterocycles. The molecule has 0 spiro atoms. The van der Waals surface area contributed by atoms with Crippen LogP contribution >= 0.6 is 0 Å². The van der Waals surface area contributed by atoms with E-state index in [-0.39, 0.29) is 6.10 Å². The van der Waals surface area contributed by atoms with Crippen LogP contribution in [0.25, 0.3) is 0 Å². The molecule has 2 aromatic rings. The van der Waals surface area contributed by atoms with Crippen molar-refractivity contribution in [2.24, 2.45) is 4.99 Å². The molecular formula is C17H19NO. The molecule has 0 saturated carbocycles. The minimum absolute atomic E-state index is 0.237. The Hall–Kier alpha value is -2.09. The van der Waals surface area contributed by atoms with Crippen LogP contribution in [0.15, 0.2) is 59.6 Å². The van der Waals surface area contributed by atoms with E-state index >= 15 is 0 Å². The van der Waals surface area contributed by atoms with Gasteiger partial charge in [-0.1, -0.05) is 37.3 Å². The first-order valence-electron chi connectivity index (χ1n) is 6.64. The molecule has 19 heavy (non-hydrogen) atoms. The second-order valence-electron chi connectivity index (χ2n) is 4.50. The predicted molar refractivity (Wildman–Crippen MR) is 80.5 cm³/mol.